The Morgan fingerprint density at radius 2 is 0.846 bits per heavy atom. The average Bonchev–Trinajstić information content (AvgIpc) is 1.75. The first-order chi connectivity index (χ1) is 55.9. The number of carbonyl (C=O) groups excluding carboxylic acids is 5. The van der Waals surface area contributed by atoms with Crippen LogP contribution in [0.3, 0.4) is 0 Å². The van der Waals surface area contributed by atoms with Gasteiger partial charge in [-0.25, -0.2) is 14.4 Å². The summed E-state index contributed by atoms with van der Waals surface area (Å²) >= 11 is 37.8. The molecule has 9 rings (SSSR count). The Bertz CT molecular complexity index is 4220. The summed E-state index contributed by atoms with van der Waals surface area (Å²) in [6, 6.07) is 17.7. The Labute approximate surface area is 773 Å². The second kappa shape index (κ2) is 58.2. The van der Waals surface area contributed by atoms with Crippen molar-refractivity contribution in [2.24, 2.45) is 11.1 Å². The first kappa shape index (κ1) is 119. The van der Waals surface area contributed by atoms with Crippen LogP contribution in [-0.4, -0.2) is 149 Å². The molecule has 0 saturated carbocycles. The number of nitrogen functional groups attached to an aromatic ring is 3. The Morgan fingerprint density at radius 1 is 0.512 bits per heavy atom. The van der Waals surface area contributed by atoms with Crippen molar-refractivity contribution in [1.82, 2.24) is 19.1 Å². The Hall–Kier alpha value is -8.18. The predicted molar refractivity (Wildman–Crippen MR) is 492 cm³/mol. The second-order valence-electron chi connectivity index (χ2n) is 31.4. The summed E-state index contributed by atoms with van der Waals surface area (Å²) in [5.41, 5.74) is 26.4. The van der Waals surface area contributed by atoms with Crippen LogP contribution in [-0.2, 0) is 41.8 Å². The van der Waals surface area contributed by atoms with Gasteiger partial charge in [0, 0.05) is 122 Å². The molecule has 4 fully saturated rings. The molecule has 4 heterocycles. The molecule has 0 radical (unpaired) electrons. The van der Waals surface area contributed by atoms with Crippen LogP contribution >= 0.6 is 106 Å². The molecule has 0 bridgehead atoms. The molecule has 695 valence electrons. The number of benzene rings is 5. The van der Waals surface area contributed by atoms with Gasteiger partial charge in [0.05, 0.1) is 51.2 Å². The predicted octanol–water partition coefficient (Wildman–Crippen LogP) is 23.0. The molecule has 0 spiro atoms. The van der Waals surface area contributed by atoms with Crippen LogP contribution < -0.4 is 33.6 Å². The number of halogens is 9. The molecule has 0 aromatic heterocycles. The summed E-state index contributed by atoms with van der Waals surface area (Å²) < 4.78 is 16.9. The number of likely N-dealkylation sites (tertiary alicyclic amines) is 3. The summed E-state index contributed by atoms with van der Waals surface area (Å²) in [4.78, 5) is 118. The normalized spacial score (nSPS) is 15.3. The van der Waals surface area contributed by atoms with E-state index in [-0.39, 0.29) is 125 Å². The number of ether oxygens (including phenoxy) is 3. The van der Waals surface area contributed by atoms with Gasteiger partial charge in [0.25, 0.3) is 22.7 Å². The van der Waals surface area contributed by atoms with E-state index in [4.69, 9.17) is 112 Å². The van der Waals surface area contributed by atoms with Crippen LogP contribution in [0.15, 0.2) is 72.1 Å². The van der Waals surface area contributed by atoms with Crippen LogP contribution in [0.4, 0.5) is 65.6 Å². The minimum atomic E-state index is -0.564. The first-order valence-corrected chi connectivity index (χ1v) is 42.8. The zero-order valence-corrected chi connectivity index (χ0v) is 79.0. The molecule has 0 unspecified atom stereocenters. The van der Waals surface area contributed by atoms with Gasteiger partial charge in [-0.15, -0.1) is 4.91 Å². The van der Waals surface area contributed by atoms with Crippen molar-refractivity contribution >= 4 is 187 Å². The number of nitrogens with two attached hydrogens (primary N) is 4. The SMILES string of the molecule is C.C.CC(C)(C)OC(=O)N1CCCC[C@@H](N)C1.CC(C)(C)ON=O.Cc1cc(Cl)c(Cl)c([N+](=O)[O-])c1.Cc1cc(Cl)c(N)c([N+](=O)[O-])c1.Cc1cc(Cl)c(N[C@@H]2CCCCN(C(=O)OC(C)(C)C)C2)c([N+](=O)[O-])c1.Cc1cc(N)c(N[C@@H]2CCCCN(C(=O)OC(C)(C)C)C2)c(Cl)c1.Cc1ccc(N)c([N+](=O)[O-])c1.N#CBr.O=C1CCC(=O)N1Cl.[Cl][Cu][Cl]. The summed E-state index contributed by atoms with van der Waals surface area (Å²) in [5.74, 6) is -0.590. The number of nitro groups is 4. The van der Waals surface area contributed by atoms with E-state index in [0.717, 1.165) is 111 Å². The van der Waals surface area contributed by atoms with Crippen molar-refractivity contribution in [2.45, 2.75) is 244 Å². The van der Waals surface area contributed by atoms with E-state index >= 15 is 0 Å². The minimum absolute atomic E-state index is 0. The maximum absolute atomic E-state index is 12.4. The van der Waals surface area contributed by atoms with Crippen LogP contribution in [0.2, 0.25) is 25.1 Å². The number of hydrogen-bond acceptors (Lipinski definition) is 26. The number of nitrogens with zero attached hydrogens (tertiary/aromatic N) is 10. The summed E-state index contributed by atoms with van der Waals surface area (Å²) in [6.07, 6.45) is 8.32. The van der Waals surface area contributed by atoms with Gasteiger partial charge in [-0.1, -0.05) is 85.3 Å². The fraction of sp³-hybridized carbons (Fsp3) is 0.544. The van der Waals surface area contributed by atoms with Crippen LogP contribution in [0.25, 0.3) is 0 Å². The molecule has 4 aliphatic heterocycles. The molecule has 4 saturated heterocycles. The Kier molecular flexibility index (Phi) is 56.3. The number of carbonyl (C=O) groups is 5. The number of anilines is 5. The molecule has 0 aliphatic carbocycles. The van der Waals surface area contributed by atoms with Crippen LogP contribution in [0, 0.1) is 90.2 Å². The molecule has 4 aliphatic rings. The number of imide groups is 1. The van der Waals surface area contributed by atoms with Gasteiger partial charge in [-0.05, 0) is 233 Å². The van der Waals surface area contributed by atoms with E-state index in [1.165, 1.54) is 30.3 Å². The van der Waals surface area contributed by atoms with Gasteiger partial charge in [0.15, 0.2) is 5.34 Å². The number of nitrogens with one attached hydrogen (secondary N) is 2. The van der Waals surface area contributed by atoms with Gasteiger partial charge in [-0.2, -0.15) is 9.68 Å². The zero-order chi connectivity index (χ0) is 93.4. The third-order valence-corrected chi connectivity index (χ3v) is 17.9. The third-order valence-electron chi connectivity index (χ3n) is 15.9. The molecule has 5 aromatic rings. The summed E-state index contributed by atoms with van der Waals surface area (Å²) in [5, 5.41) is 59.9. The number of amides is 5. The average molecular weight is 2010 g/mol. The third kappa shape index (κ3) is 49.3. The van der Waals surface area contributed by atoms with Crippen molar-refractivity contribution in [3.8, 4) is 4.98 Å². The zero-order valence-electron chi connectivity index (χ0n) is 70.4. The first-order valence-electron chi connectivity index (χ1n) is 37.2. The van der Waals surface area contributed by atoms with Gasteiger partial charge in [0.1, 0.15) is 49.5 Å². The number of rotatable bonds is 9. The van der Waals surface area contributed by atoms with Crippen molar-refractivity contribution in [2.75, 3.05) is 67.1 Å². The van der Waals surface area contributed by atoms with E-state index < -0.39 is 42.1 Å². The van der Waals surface area contributed by atoms with Crippen molar-refractivity contribution in [1.29, 1.82) is 5.26 Å². The fourth-order valence-electron chi connectivity index (χ4n) is 10.7. The van der Waals surface area contributed by atoms with Crippen molar-refractivity contribution in [3.63, 3.8) is 0 Å². The molecule has 123 heavy (non-hydrogen) atoms. The summed E-state index contributed by atoms with van der Waals surface area (Å²) in [6.45, 7) is 34.7. The fourth-order valence-corrected chi connectivity index (χ4v) is 12.3. The molecule has 5 aromatic carbocycles. The molecule has 10 N–H and O–H groups in total. The topological polar surface area (TPSA) is 489 Å². The number of aryl methyl sites for hydroxylation is 5. The second-order valence-corrected chi connectivity index (χ2v) is 35.6. The van der Waals surface area contributed by atoms with E-state index in [9.17, 15) is 69.3 Å². The molecule has 44 heteroatoms. The van der Waals surface area contributed by atoms with Gasteiger partial charge in [0.2, 0.25) is 11.8 Å². The number of nitriles is 1. The molecule has 34 nitrogen and oxygen atoms in total. The van der Waals surface area contributed by atoms with E-state index in [1.54, 1.807) is 92.4 Å². The molecule has 5 amide bonds. The maximum atomic E-state index is 12.4. The van der Waals surface area contributed by atoms with Gasteiger partial charge >= 0.3 is 51.6 Å². The Balaban J connectivity index is -0.00000137. The Morgan fingerprint density at radius 3 is 1.19 bits per heavy atom. The monoisotopic (exact) mass is 2000 g/mol. The van der Waals surface area contributed by atoms with Crippen LogP contribution in [0.1, 0.15) is 196 Å². The molecular formula is C79H117BrCl8CuN16O18. The standard InChI is InChI=1S/C18H26ClN3O4.C18H28ClN3O2.C11H22N2O2.C7H5Cl2NO2.C7H7ClN2O2.C7H8N2O2.C4H4ClNO2.C4H9NO2.CBrN.2CH4.2ClH.Cu/c1-12-9-14(19)16(15(10-12)22(24)25)20-13-7-5-6-8-21(11-13)17(23)26-18(2,3)4;1-12-9-14(19)16(15(20)10-12)21-13-7-5-6-8-22(11-13)17(23)24-18(2,3)4;1-11(2,3)15-10(14)13-7-5-4-6-9(12)8-13;2*1-4-2-5(8)7(9)6(3-4)10(11)12;1-5-2-3-6(8)7(4-5)9(10)11;5-6-3(7)1-2-4(6)8;1-4(2,3)7-5-6;2-1-3;;;;;/h9-10,13,20H,5-8,11H2,1-4H3;9-10,13,21H,5-8,11,20H2,1-4H3;9H,4-8,12H2,1-3H3;2-3H,1H3;2-3H,9H2,1H3;2-4H,8H2,1H3;1-2H2;1-3H3;;2*1H4;2*1H;/q;;;;;;;;;;;;;+2/p-2/t2*13-;9-;;;;;;;;;;;/m111.........../s1. The van der Waals surface area contributed by atoms with E-state index in [0.29, 0.717) is 58.6 Å². The summed E-state index contributed by atoms with van der Waals surface area (Å²) in [7, 11) is 9.34. The van der Waals surface area contributed by atoms with Crippen molar-refractivity contribution in [3.05, 3.63) is 165 Å². The van der Waals surface area contributed by atoms with E-state index in [2.05, 4.69) is 56.9 Å². The number of nitro benzene ring substituents is 4. The van der Waals surface area contributed by atoms with E-state index in [1.807, 2.05) is 81.4 Å². The van der Waals surface area contributed by atoms with Crippen LogP contribution in [0.5, 0.6) is 0 Å². The van der Waals surface area contributed by atoms with Gasteiger partial charge < -0.3 is 67.3 Å². The quantitative estimate of drug-likeness (QED) is 0.0117. The van der Waals surface area contributed by atoms with Crippen molar-refractivity contribution < 1.29 is 75.8 Å². The molecular weight excluding hydrogens is 1890 g/mol. The number of hydrogen-bond donors (Lipinski definition) is 6. The molecule has 3 atom stereocenters. The van der Waals surface area contributed by atoms with Gasteiger partial charge in [-0.3, -0.25) is 50.0 Å².